The first-order valence-corrected chi connectivity index (χ1v) is 10.7. The molecule has 2 aromatic rings. The molecular formula is C23H29F2N5O2. The van der Waals surface area contributed by atoms with Crippen molar-refractivity contribution in [3.8, 4) is 5.75 Å². The van der Waals surface area contributed by atoms with E-state index in [1.165, 1.54) is 30.3 Å². The van der Waals surface area contributed by atoms with Gasteiger partial charge in [-0.25, -0.2) is 13.8 Å². The summed E-state index contributed by atoms with van der Waals surface area (Å²) in [6, 6.07) is 10.2. The quantitative estimate of drug-likeness (QED) is 0.299. The Kier molecular flexibility index (Phi) is 8.38. The summed E-state index contributed by atoms with van der Waals surface area (Å²) >= 11 is 0. The van der Waals surface area contributed by atoms with Crippen LogP contribution in [0.3, 0.4) is 0 Å². The lowest BCUT2D eigenvalue weighted by atomic mass is 10.0. The van der Waals surface area contributed by atoms with Crippen LogP contribution in [0, 0.1) is 11.6 Å². The number of aromatic hydroxyl groups is 1. The minimum atomic E-state index is -0.533. The molecule has 1 unspecified atom stereocenters. The van der Waals surface area contributed by atoms with Crippen LogP contribution in [0.2, 0.25) is 0 Å². The van der Waals surface area contributed by atoms with Gasteiger partial charge in [0.1, 0.15) is 23.9 Å². The summed E-state index contributed by atoms with van der Waals surface area (Å²) in [6.45, 7) is 4.06. The number of nitrogens with zero attached hydrogens (tertiary/aromatic N) is 2. The molecule has 0 saturated carbocycles. The summed E-state index contributed by atoms with van der Waals surface area (Å²) in [5.41, 5.74) is 0.656. The molecule has 172 valence electrons. The van der Waals surface area contributed by atoms with Gasteiger partial charge in [-0.05, 0) is 62.7 Å². The van der Waals surface area contributed by atoms with E-state index in [9.17, 15) is 18.7 Å². The lowest BCUT2D eigenvalue weighted by Gasteiger charge is -2.34. The van der Waals surface area contributed by atoms with Crippen LogP contribution in [-0.4, -0.2) is 54.1 Å². The predicted molar refractivity (Wildman–Crippen MR) is 121 cm³/mol. The Labute approximate surface area is 186 Å². The third-order valence-electron chi connectivity index (χ3n) is 5.17. The predicted octanol–water partition coefficient (Wildman–Crippen LogP) is 2.83. The van der Waals surface area contributed by atoms with E-state index in [2.05, 4.69) is 20.9 Å². The number of nitrogens with one attached hydrogen (secondary N) is 3. The van der Waals surface area contributed by atoms with Crippen molar-refractivity contribution in [1.82, 2.24) is 15.5 Å². The normalized spacial score (nSPS) is 17.1. The van der Waals surface area contributed by atoms with Crippen LogP contribution in [0.25, 0.3) is 0 Å². The Morgan fingerprint density at radius 1 is 1.19 bits per heavy atom. The van der Waals surface area contributed by atoms with E-state index in [1.54, 1.807) is 12.1 Å². The van der Waals surface area contributed by atoms with Gasteiger partial charge in [0, 0.05) is 36.9 Å². The van der Waals surface area contributed by atoms with Gasteiger partial charge in [-0.15, -0.1) is 0 Å². The molecule has 4 N–H and O–H groups in total. The van der Waals surface area contributed by atoms with Gasteiger partial charge in [-0.3, -0.25) is 9.69 Å². The van der Waals surface area contributed by atoms with E-state index in [1.807, 2.05) is 11.8 Å². The number of piperidine rings is 1. The lowest BCUT2D eigenvalue weighted by molar-refractivity contribution is -0.114. The fraction of sp³-hybridized carbons (Fsp3) is 0.391. The molecule has 1 saturated heterocycles. The minimum absolute atomic E-state index is 0.0385. The molecule has 2 aromatic carbocycles. The Hall–Kier alpha value is -3.20. The Morgan fingerprint density at radius 2 is 1.91 bits per heavy atom. The largest absolute Gasteiger partial charge is 0.508 e. The van der Waals surface area contributed by atoms with Crippen molar-refractivity contribution in [2.24, 2.45) is 4.99 Å². The van der Waals surface area contributed by atoms with Gasteiger partial charge in [-0.1, -0.05) is 6.07 Å². The molecule has 1 fully saturated rings. The number of phenols is 1. The van der Waals surface area contributed by atoms with Crippen molar-refractivity contribution in [3.63, 3.8) is 0 Å². The third-order valence-corrected chi connectivity index (χ3v) is 5.17. The molecule has 0 aromatic heterocycles. The highest BCUT2D eigenvalue weighted by Gasteiger charge is 2.23. The monoisotopic (exact) mass is 445 g/mol. The fourth-order valence-electron chi connectivity index (χ4n) is 3.63. The molecule has 0 spiro atoms. The standard InChI is InChI=1S/C23H29F2N5O2/c1-2-26-23(27-13-22(32)28-16-8-10-18(31)11-9-16)29-17-5-4-12-30(14-17)15-19-20(24)6-3-7-21(19)25/h3,6-11,17,31H,2,4-5,12-15H2,1H3,(H,28,32)(H2,26,27,29). The van der Waals surface area contributed by atoms with Crippen LogP contribution in [-0.2, 0) is 11.3 Å². The molecular weight excluding hydrogens is 416 g/mol. The third kappa shape index (κ3) is 6.91. The molecule has 1 heterocycles. The zero-order chi connectivity index (χ0) is 22.9. The summed E-state index contributed by atoms with van der Waals surface area (Å²) in [5.74, 6) is -0.714. The highest BCUT2D eigenvalue weighted by atomic mass is 19.1. The summed E-state index contributed by atoms with van der Waals surface area (Å²) in [7, 11) is 0. The molecule has 32 heavy (non-hydrogen) atoms. The summed E-state index contributed by atoms with van der Waals surface area (Å²) in [4.78, 5) is 18.6. The van der Waals surface area contributed by atoms with E-state index in [-0.39, 0.29) is 36.4 Å². The number of halogens is 2. The van der Waals surface area contributed by atoms with Gasteiger partial charge < -0.3 is 21.1 Å². The van der Waals surface area contributed by atoms with Crippen LogP contribution in [0.4, 0.5) is 14.5 Å². The average molecular weight is 446 g/mol. The summed E-state index contributed by atoms with van der Waals surface area (Å²) in [6.07, 6.45) is 1.77. The van der Waals surface area contributed by atoms with Crippen molar-refractivity contribution >= 4 is 17.6 Å². The number of hydrogen-bond donors (Lipinski definition) is 4. The number of benzene rings is 2. The number of guanidine groups is 1. The first kappa shape index (κ1) is 23.5. The second kappa shape index (κ2) is 11.4. The van der Waals surface area contributed by atoms with Crippen LogP contribution < -0.4 is 16.0 Å². The molecule has 0 aliphatic carbocycles. The van der Waals surface area contributed by atoms with Gasteiger partial charge in [0.25, 0.3) is 0 Å². The number of carbonyl (C=O) groups is 1. The number of hydrogen-bond acceptors (Lipinski definition) is 4. The minimum Gasteiger partial charge on any atom is -0.508 e. The average Bonchev–Trinajstić information content (AvgIpc) is 2.77. The first-order chi connectivity index (χ1) is 15.4. The first-order valence-electron chi connectivity index (χ1n) is 10.7. The second-order valence-electron chi connectivity index (χ2n) is 7.71. The number of aliphatic imine (C=N–C) groups is 1. The number of likely N-dealkylation sites (tertiary alicyclic amines) is 1. The van der Waals surface area contributed by atoms with E-state index in [0.29, 0.717) is 24.7 Å². The maximum atomic E-state index is 14.0. The Balaban J connectivity index is 1.56. The zero-order valence-electron chi connectivity index (χ0n) is 18.1. The van der Waals surface area contributed by atoms with Crippen molar-refractivity contribution in [3.05, 3.63) is 59.7 Å². The highest BCUT2D eigenvalue weighted by molar-refractivity contribution is 5.94. The number of amides is 1. The molecule has 1 aliphatic heterocycles. The second-order valence-corrected chi connectivity index (χ2v) is 7.71. The molecule has 0 bridgehead atoms. The van der Waals surface area contributed by atoms with Crippen molar-refractivity contribution in [1.29, 1.82) is 0 Å². The van der Waals surface area contributed by atoms with Crippen LogP contribution in [0.5, 0.6) is 5.75 Å². The van der Waals surface area contributed by atoms with E-state index >= 15 is 0 Å². The SMILES string of the molecule is CCNC(=NCC(=O)Nc1ccc(O)cc1)NC1CCCN(Cc2c(F)cccc2F)C1. The van der Waals surface area contributed by atoms with Gasteiger partial charge in [0.2, 0.25) is 5.91 Å². The van der Waals surface area contributed by atoms with Crippen LogP contribution in [0.1, 0.15) is 25.3 Å². The molecule has 1 amide bonds. The van der Waals surface area contributed by atoms with E-state index in [4.69, 9.17) is 0 Å². The molecule has 7 nitrogen and oxygen atoms in total. The highest BCUT2D eigenvalue weighted by Crippen LogP contribution is 2.18. The molecule has 0 radical (unpaired) electrons. The number of phenolic OH excluding ortho intramolecular Hbond substituents is 1. The topological polar surface area (TPSA) is 89.0 Å². The molecule has 1 atom stereocenters. The zero-order valence-corrected chi connectivity index (χ0v) is 18.1. The number of carbonyl (C=O) groups excluding carboxylic acids is 1. The lowest BCUT2D eigenvalue weighted by Crippen LogP contribution is -2.51. The van der Waals surface area contributed by atoms with Crippen LogP contribution >= 0.6 is 0 Å². The fourth-order valence-corrected chi connectivity index (χ4v) is 3.63. The van der Waals surface area contributed by atoms with Gasteiger partial charge in [0.05, 0.1) is 0 Å². The summed E-state index contributed by atoms with van der Waals surface area (Å²) in [5, 5.41) is 18.5. The van der Waals surface area contributed by atoms with Crippen molar-refractivity contribution in [2.75, 3.05) is 31.5 Å². The molecule has 9 heteroatoms. The van der Waals surface area contributed by atoms with E-state index < -0.39 is 11.6 Å². The van der Waals surface area contributed by atoms with Crippen molar-refractivity contribution in [2.45, 2.75) is 32.4 Å². The molecule has 3 rings (SSSR count). The maximum absolute atomic E-state index is 14.0. The Morgan fingerprint density at radius 3 is 2.59 bits per heavy atom. The van der Waals surface area contributed by atoms with Gasteiger partial charge in [-0.2, -0.15) is 0 Å². The van der Waals surface area contributed by atoms with Gasteiger partial charge >= 0.3 is 0 Å². The molecule has 1 aliphatic rings. The van der Waals surface area contributed by atoms with Gasteiger partial charge in [0.15, 0.2) is 5.96 Å². The smallest absolute Gasteiger partial charge is 0.246 e. The summed E-state index contributed by atoms with van der Waals surface area (Å²) < 4.78 is 28.0. The Bertz CT molecular complexity index is 916. The number of anilines is 1. The maximum Gasteiger partial charge on any atom is 0.246 e. The van der Waals surface area contributed by atoms with Crippen LogP contribution in [0.15, 0.2) is 47.5 Å². The van der Waals surface area contributed by atoms with E-state index in [0.717, 1.165) is 19.4 Å². The van der Waals surface area contributed by atoms with Crippen molar-refractivity contribution < 1.29 is 18.7 Å². The number of rotatable bonds is 7.